The molecule has 0 saturated heterocycles. The molecule has 3 aromatic heterocycles. The molecular formula is C17H14N4O3S. The van der Waals surface area contributed by atoms with Crippen LogP contribution < -0.4 is 10.1 Å². The number of para-hydroxylation sites is 2. The van der Waals surface area contributed by atoms with Crippen molar-refractivity contribution in [2.75, 3.05) is 18.2 Å². The van der Waals surface area contributed by atoms with E-state index >= 15 is 0 Å². The Kier molecular flexibility index (Phi) is 4.02. The molecule has 4 aromatic rings. The third kappa shape index (κ3) is 2.91. The monoisotopic (exact) mass is 354 g/mol. The number of nitrogens with one attached hydrogen (secondary N) is 1. The summed E-state index contributed by atoms with van der Waals surface area (Å²) in [5.74, 6) is 0.683. The summed E-state index contributed by atoms with van der Waals surface area (Å²) in [6, 6.07) is 11.0. The van der Waals surface area contributed by atoms with Crippen LogP contribution in [0.1, 0.15) is 0 Å². The largest absolute Gasteiger partial charge is 0.495 e. The molecule has 0 aliphatic carbocycles. The fraction of sp³-hybridized carbons (Fsp3) is 0.118. The van der Waals surface area contributed by atoms with Gasteiger partial charge >= 0.3 is 0 Å². The van der Waals surface area contributed by atoms with Crippen LogP contribution in [0.25, 0.3) is 16.6 Å². The second kappa shape index (κ2) is 6.48. The molecule has 0 bridgehead atoms. The molecule has 1 N–H and O–H groups in total. The van der Waals surface area contributed by atoms with Crippen LogP contribution in [0.2, 0.25) is 0 Å². The number of amides is 1. The summed E-state index contributed by atoms with van der Waals surface area (Å²) in [5.41, 5.74) is 3.18. The van der Waals surface area contributed by atoms with Gasteiger partial charge in [-0.15, -0.1) is 10.2 Å². The van der Waals surface area contributed by atoms with Crippen LogP contribution in [-0.2, 0) is 4.79 Å². The predicted octanol–water partition coefficient (Wildman–Crippen LogP) is 3.21. The van der Waals surface area contributed by atoms with E-state index in [9.17, 15) is 4.79 Å². The van der Waals surface area contributed by atoms with Gasteiger partial charge in [0.15, 0.2) is 5.58 Å². The number of anilines is 1. The Bertz CT molecular complexity index is 1060. The molecule has 0 fully saturated rings. The Hall–Kier alpha value is -3.00. The van der Waals surface area contributed by atoms with Crippen molar-refractivity contribution >= 4 is 40.0 Å². The van der Waals surface area contributed by atoms with E-state index in [-0.39, 0.29) is 11.7 Å². The third-order valence-electron chi connectivity index (χ3n) is 3.72. The van der Waals surface area contributed by atoms with Gasteiger partial charge in [0.1, 0.15) is 17.1 Å². The number of furan rings is 1. The third-order valence-corrected chi connectivity index (χ3v) is 4.69. The van der Waals surface area contributed by atoms with Gasteiger partial charge in [-0.2, -0.15) is 0 Å². The molecule has 0 unspecified atom stereocenters. The molecule has 4 rings (SSSR count). The van der Waals surface area contributed by atoms with Crippen molar-refractivity contribution in [3.05, 3.63) is 49.0 Å². The second-order valence-corrected chi connectivity index (χ2v) is 6.21. The summed E-state index contributed by atoms with van der Waals surface area (Å²) in [6.45, 7) is 0. The number of ether oxygens (including phenoxy) is 1. The summed E-state index contributed by atoms with van der Waals surface area (Å²) in [7, 11) is 1.57. The number of carbonyl (C=O) groups is 1. The average molecular weight is 354 g/mol. The summed E-state index contributed by atoms with van der Waals surface area (Å²) in [5, 5.41) is 11.7. The lowest BCUT2D eigenvalue weighted by atomic mass is 10.3. The first kappa shape index (κ1) is 15.5. The van der Waals surface area contributed by atoms with Gasteiger partial charge in [-0.1, -0.05) is 23.9 Å². The first-order valence-corrected chi connectivity index (χ1v) is 8.50. The molecule has 0 spiro atoms. The van der Waals surface area contributed by atoms with Gasteiger partial charge in [-0.25, -0.2) is 0 Å². The van der Waals surface area contributed by atoms with Gasteiger partial charge in [-0.3, -0.25) is 9.20 Å². The quantitative estimate of drug-likeness (QED) is 0.554. The molecule has 7 nitrogen and oxygen atoms in total. The van der Waals surface area contributed by atoms with E-state index in [0.29, 0.717) is 16.5 Å². The number of rotatable bonds is 5. The van der Waals surface area contributed by atoms with E-state index in [0.717, 1.165) is 16.6 Å². The number of nitrogens with zero attached hydrogens (tertiary/aromatic N) is 3. The Morgan fingerprint density at radius 1 is 1.32 bits per heavy atom. The second-order valence-electron chi connectivity index (χ2n) is 5.24. The lowest BCUT2D eigenvalue weighted by molar-refractivity contribution is -0.113. The van der Waals surface area contributed by atoms with Crippen LogP contribution in [0.3, 0.4) is 0 Å². The van der Waals surface area contributed by atoms with E-state index in [4.69, 9.17) is 9.15 Å². The maximum absolute atomic E-state index is 12.3. The summed E-state index contributed by atoms with van der Waals surface area (Å²) in [6.07, 6.45) is 3.26. The lowest BCUT2D eigenvalue weighted by Gasteiger charge is -2.09. The zero-order valence-corrected chi connectivity index (χ0v) is 14.1. The highest BCUT2D eigenvalue weighted by molar-refractivity contribution is 8.00. The Labute approximate surface area is 147 Å². The highest BCUT2D eigenvalue weighted by Crippen LogP contribution is 2.28. The van der Waals surface area contributed by atoms with E-state index < -0.39 is 0 Å². The molecule has 1 amide bonds. The number of carbonyl (C=O) groups excluding carboxylic acids is 1. The molecule has 126 valence electrons. The Morgan fingerprint density at radius 3 is 3.08 bits per heavy atom. The van der Waals surface area contributed by atoms with E-state index in [1.54, 1.807) is 31.8 Å². The number of thioether (sulfide) groups is 1. The molecule has 1 aromatic carbocycles. The van der Waals surface area contributed by atoms with Crippen LogP contribution in [0, 0.1) is 0 Å². The minimum atomic E-state index is -0.145. The van der Waals surface area contributed by atoms with Crippen molar-refractivity contribution in [3.8, 4) is 5.75 Å². The van der Waals surface area contributed by atoms with Gasteiger partial charge in [0.05, 0.1) is 35.8 Å². The molecule has 3 heterocycles. The number of hydrogen-bond donors (Lipinski definition) is 1. The average Bonchev–Trinajstić information content (AvgIpc) is 3.22. The van der Waals surface area contributed by atoms with Crippen molar-refractivity contribution in [1.82, 2.24) is 14.6 Å². The Balaban J connectivity index is 1.51. The van der Waals surface area contributed by atoms with Gasteiger partial charge in [0.2, 0.25) is 5.91 Å². The Morgan fingerprint density at radius 2 is 2.20 bits per heavy atom. The first-order chi connectivity index (χ1) is 12.3. The smallest absolute Gasteiger partial charge is 0.234 e. The van der Waals surface area contributed by atoms with Crippen molar-refractivity contribution in [3.63, 3.8) is 0 Å². The zero-order valence-electron chi connectivity index (χ0n) is 13.3. The number of hydrogen-bond acceptors (Lipinski definition) is 6. The minimum absolute atomic E-state index is 0.145. The molecule has 0 saturated carbocycles. The van der Waals surface area contributed by atoms with Crippen LogP contribution >= 0.6 is 11.8 Å². The number of aromatic nitrogens is 3. The number of benzene rings is 1. The molecule has 8 heteroatoms. The minimum Gasteiger partial charge on any atom is -0.495 e. The molecule has 25 heavy (non-hydrogen) atoms. The summed E-state index contributed by atoms with van der Waals surface area (Å²) >= 11 is 1.32. The maximum atomic E-state index is 12.3. The van der Waals surface area contributed by atoms with Crippen molar-refractivity contribution < 1.29 is 13.9 Å². The molecule has 0 aliphatic heterocycles. The predicted molar refractivity (Wildman–Crippen MR) is 95.1 cm³/mol. The number of fused-ring (bicyclic) bond motifs is 3. The SMILES string of the molecule is COc1ccccc1NC(=O)CSc1nncn2c1cc1occc12. The fourth-order valence-corrected chi connectivity index (χ4v) is 3.34. The summed E-state index contributed by atoms with van der Waals surface area (Å²) in [4.78, 5) is 12.3. The fourth-order valence-electron chi connectivity index (χ4n) is 2.59. The van der Waals surface area contributed by atoms with Gasteiger partial charge in [0.25, 0.3) is 0 Å². The molecular weight excluding hydrogens is 340 g/mol. The summed E-state index contributed by atoms with van der Waals surface area (Å²) < 4.78 is 12.5. The number of methoxy groups -OCH3 is 1. The standard InChI is InChI=1S/C17H14N4O3S/c1-23-14-5-3-2-4-11(14)19-16(22)9-25-17-13-8-15-12(6-7-24-15)21(13)10-18-20-17/h2-8,10H,9H2,1H3,(H,19,22). The molecule has 0 aliphatic rings. The van der Waals surface area contributed by atoms with E-state index in [1.165, 1.54) is 11.8 Å². The van der Waals surface area contributed by atoms with Crippen molar-refractivity contribution in [2.45, 2.75) is 5.03 Å². The van der Waals surface area contributed by atoms with Crippen molar-refractivity contribution in [2.24, 2.45) is 0 Å². The highest BCUT2D eigenvalue weighted by Gasteiger charge is 2.13. The molecule has 0 radical (unpaired) electrons. The van der Waals surface area contributed by atoms with Crippen LogP contribution in [0.5, 0.6) is 5.75 Å². The topological polar surface area (TPSA) is 81.7 Å². The lowest BCUT2D eigenvalue weighted by Crippen LogP contribution is -2.15. The first-order valence-electron chi connectivity index (χ1n) is 7.52. The molecule has 0 atom stereocenters. The van der Waals surface area contributed by atoms with Crippen LogP contribution in [-0.4, -0.2) is 33.4 Å². The van der Waals surface area contributed by atoms with Crippen LogP contribution in [0.15, 0.2) is 58.4 Å². The normalized spacial score (nSPS) is 11.1. The van der Waals surface area contributed by atoms with Gasteiger partial charge < -0.3 is 14.5 Å². The van der Waals surface area contributed by atoms with E-state index in [2.05, 4.69) is 15.5 Å². The van der Waals surface area contributed by atoms with Crippen molar-refractivity contribution in [1.29, 1.82) is 0 Å². The van der Waals surface area contributed by atoms with Gasteiger partial charge in [-0.05, 0) is 12.1 Å². The maximum Gasteiger partial charge on any atom is 0.234 e. The zero-order chi connectivity index (χ0) is 17.2. The van der Waals surface area contributed by atoms with Gasteiger partial charge in [0, 0.05) is 12.1 Å². The van der Waals surface area contributed by atoms with E-state index in [1.807, 2.05) is 28.7 Å². The highest BCUT2D eigenvalue weighted by atomic mass is 32.2. The van der Waals surface area contributed by atoms with Crippen LogP contribution in [0.4, 0.5) is 5.69 Å².